The molecule has 0 saturated carbocycles. The number of thioether (sulfide) groups is 1. The van der Waals surface area contributed by atoms with Crippen molar-refractivity contribution in [2.45, 2.75) is 31.6 Å². The highest BCUT2D eigenvalue weighted by Gasteiger charge is 2.13. The Morgan fingerprint density at radius 1 is 1.15 bits per heavy atom. The van der Waals surface area contributed by atoms with E-state index in [1.165, 1.54) is 5.56 Å². The van der Waals surface area contributed by atoms with Crippen LogP contribution in [0, 0.1) is 0 Å². The number of rotatable bonds is 7. The highest BCUT2D eigenvalue weighted by atomic mass is 32.2. The van der Waals surface area contributed by atoms with Crippen LogP contribution >= 0.6 is 23.1 Å². The van der Waals surface area contributed by atoms with Crippen LogP contribution in [-0.2, 0) is 6.54 Å². The lowest BCUT2D eigenvalue weighted by Crippen LogP contribution is -2.08. The molecule has 7 heteroatoms. The summed E-state index contributed by atoms with van der Waals surface area (Å²) < 4.78 is 0. The van der Waals surface area contributed by atoms with Crippen molar-refractivity contribution in [2.75, 3.05) is 18.6 Å². The molecule has 2 aromatic heterocycles. The molecule has 1 aromatic carbocycles. The summed E-state index contributed by atoms with van der Waals surface area (Å²) in [5.74, 6) is 0. The Morgan fingerprint density at radius 2 is 1.92 bits per heavy atom. The van der Waals surface area contributed by atoms with Crippen LogP contribution in [0.2, 0.25) is 0 Å². The molecule has 0 fully saturated rings. The maximum Gasteiger partial charge on any atom is 0.188 e. The van der Waals surface area contributed by atoms with E-state index in [2.05, 4.69) is 53.7 Å². The molecule has 26 heavy (non-hydrogen) atoms. The summed E-state index contributed by atoms with van der Waals surface area (Å²) in [4.78, 5) is 14.9. The molecule has 0 aliphatic carbocycles. The van der Waals surface area contributed by atoms with Gasteiger partial charge in [-0.3, -0.25) is 0 Å². The van der Waals surface area contributed by atoms with Crippen molar-refractivity contribution < 1.29 is 0 Å². The largest absolute Gasteiger partial charge is 0.359 e. The third-order valence-electron chi connectivity index (χ3n) is 3.72. The van der Waals surface area contributed by atoms with Crippen molar-refractivity contribution in [3.8, 4) is 21.8 Å². The average molecular weight is 386 g/mol. The van der Waals surface area contributed by atoms with Crippen molar-refractivity contribution in [2.24, 2.45) is 0 Å². The predicted octanol–water partition coefficient (Wildman–Crippen LogP) is 4.53. The van der Waals surface area contributed by atoms with E-state index in [-0.39, 0.29) is 0 Å². The van der Waals surface area contributed by atoms with Gasteiger partial charge >= 0.3 is 0 Å². The molecule has 0 atom stereocenters. The van der Waals surface area contributed by atoms with E-state index in [4.69, 9.17) is 9.97 Å². The zero-order valence-electron chi connectivity index (χ0n) is 15.4. The molecule has 3 rings (SSSR count). The molecule has 2 N–H and O–H groups in total. The first kappa shape index (κ1) is 18.8. The third-order valence-corrected chi connectivity index (χ3v) is 5.22. The summed E-state index contributed by atoms with van der Waals surface area (Å²) in [7, 11) is 1.95. The van der Waals surface area contributed by atoms with E-state index < -0.39 is 0 Å². The first-order valence-corrected chi connectivity index (χ1v) is 10.5. The SMILES string of the molecule is CNCc1ccccc1-c1cc(-c2cnc(NC(C)C)s2)nc(SC)n1. The summed E-state index contributed by atoms with van der Waals surface area (Å²) in [6.07, 6.45) is 3.88. The standard InChI is InChI=1S/C19H23N5S2/c1-12(2)22-18-21-11-17(26-18)16-9-15(23-19(24-16)25-4)14-8-6-5-7-13(14)10-20-3/h5-9,11-12,20H,10H2,1-4H3,(H,21,22). The molecule has 0 saturated heterocycles. The van der Waals surface area contributed by atoms with Crippen LogP contribution in [0.1, 0.15) is 19.4 Å². The number of benzene rings is 1. The third kappa shape index (κ3) is 4.41. The van der Waals surface area contributed by atoms with E-state index in [9.17, 15) is 0 Å². The zero-order valence-corrected chi connectivity index (χ0v) is 17.0. The molecule has 3 aromatic rings. The number of hydrogen-bond donors (Lipinski definition) is 2. The van der Waals surface area contributed by atoms with Gasteiger partial charge in [-0.25, -0.2) is 15.0 Å². The number of aromatic nitrogens is 3. The van der Waals surface area contributed by atoms with Gasteiger partial charge in [0.15, 0.2) is 10.3 Å². The van der Waals surface area contributed by atoms with Crippen molar-refractivity contribution >= 4 is 28.2 Å². The van der Waals surface area contributed by atoms with Gasteiger partial charge in [0.25, 0.3) is 0 Å². The minimum absolute atomic E-state index is 0.352. The van der Waals surface area contributed by atoms with Crippen LogP contribution in [0.5, 0.6) is 0 Å². The van der Waals surface area contributed by atoms with Crippen molar-refractivity contribution in [3.63, 3.8) is 0 Å². The topological polar surface area (TPSA) is 62.7 Å². The Balaban J connectivity index is 2.04. The number of anilines is 1. The van der Waals surface area contributed by atoms with Gasteiger partial charge < -0.3 is 10.6 Å². The van der Waals surface area contributed by atoms with Gasteiger partial charge in [0.1, 0.15) is 0 Å². The van der Waals surface area contributed by atoms with Crippen molar-refractivity contribution in [3.05, 3.63) is 42.1 Å². The number of nitrogens with zero attached hydrogens (tertiary/aromatic N) is 3. The lowest BCUT2D eigenvalue weighted by Gasteiger charge is -2.10. The molecule has 2 heterocycles. The molecule has 0 spiro atoms. The molecule has 136 valence electrons. The van der Waals surface area contributed by atoms with Crippen LogP contribution < -0.4 is 10.6 Å². The first-order valence-electron chi connectivity index (χ1n) is 8.49. The monoisotopic (exact) mass is 385 g/mol. The first-order chi connectivity index (χ1) is 12.6. The van der Waals surface area contributed by atoms with Gasteiger partial charge in [0.05, 0.1) is 16.3 Å². The van der Waals surface area contributed by atoms with Crippen molar-refractivity contribution in [1.82, 2.24) is 20.3 Å². The molecule has 5 nitrogen and oxygen atoms in total. The van der Waals surface area contributed by atoms with Gasteiger partial charge in [0.2, 0.25) is 0 Å². The average Bonchev–Trinajstić information content (AvgIpc) is 3.10. The number of hydrogen-bond acceptors (Lipinski definition) is 7. The second-order valence-corrected chi connectivity index (χ2v) is 7.95. The summed E-state index contributed by atoms with van der Waals surface area (Å²) in [5, 5.41) is 8.25. The van der Waals surface area contributed by atoms with E-state index in [1.807, 2.05) is 25.6 Å². The second-order valence-electron chi connectivity index (χ2n) is 6.14. The van der Waals surface area contributed by atoms with Crippen LogP contribution in [0.25, 0.3) is 21.8 Å². The number of thiazole rings is 1. The van der Waals surface area contributed by atoms with Gasteiger partial charge in [-0.15, -0.1) is 0 Å². The van der Waals surface area contributed by atoms with Gasteiger partial charge in [0, 0.05) is 24.3 Å². The molecule has 0 radical (unpaired) electrons. The fraction of sp³-hybridized carbons (Fsp3) is 0.316. The lowest BCUT2D eigenvalue weighted by molar-refractivity contribution is 0.818. The van der Waals surface area contributed by atoms with Crippen LogP contribution in [0.3, 0.4) is 0 Å². The normalized spacial score (nSPS) is 11.1. The summed E-state index contributed by atoms with van der Waals surface area (Å²) in [6, 6.07) is 10.8. The molecular formula is C19H23N5S2. The zero-order chi connectivity index (χ0) is 18.5. The highest BCUT2D eigenvalue weighted by Crippen LogP contribution is 2.32. The molecule has 0 aliphatic heterocycles. The quantitative estimate of drug-likeness (QED) is 0.460. The van der Waals surface area contributed by atoms with Gasteiger partial charge in [-0.1, -0.05) is 47.4 Å². The molecular weight excluding hydrogens is 362 g/mol. The molecule has 0 bridgehead atoms. The smallest absolute Gasteiger partial charge is 0.188 e. The van der Waals surface area contributed by atoms with Crippen molar-refractivity contribution in [1.29, 1.82) is 0 Å². The maximum atomic E-state index is 4.74. The fourth-order valence-corrected chi connectivity index (χ4v) is 3.90. The Hall–Kier alpha value is -1.96. The van der Waals surface area contributed by atoms with E-state index >= 15 is 0 Å². The predicted molar refractivity (Wildman–Crippen MR) is 112 cm³/mol. The molecule has 0 aliphatic rings. The minimum atomic E-state index is 0.352. The maximum absolute atomic E-state index is 4.74. The number of nitrogens with one attached hydrogen (secondary N) is 2. The van der Waals surface area contributed by atoms with Gasteiger partial charge in [-0.05, 0) is 38.8 Å². The summed E-state index contributed by atoms with van der Waals surface area (Å²) in [6.45, 7) is 5.01. The fourth-order valence-electron chi connectivity index (χ4n) is 2.60. The Labute approximate surface area is 162 Å². The Kier molecular flexibility index (Phi) is 6.24. The Morgan fingerprint density at radius 3 is 2.65 bits per heavy atom. The van der Waals surface area contributed by atoms with Crippen LogP contribution in [0.4, 0.5) is 5.13 Å². The van der Waals surface area contributed by atoms with E-state index in [0.29, 0.717) is 6.04 Å². The molecule has 0 unspecified atom stereocenters. The van der Waals surface area contributed by atoms with Crippen LogP contribution in [-0.4, -0.2) is 34.3 Å². The van der Waals surface area contributed by atoms with E-state index in [1.54, 1.807) is 23.1 Å². The summed E-state index contributed by atoms with van der Waals surface area (Å²) >= 11 is 3.17. The van der Waals surface area contributed by atoms with Gasteiger partial charge in [-0.2, -0.15) is 0 Å². The highest BCUT2D eigenvalue weighted by molar-refractivity contribution is 7.98. The van der Waals surface area contributed by atoms with E-state index in [0.717, 1.165) is 38.7 Å². The minimum Gasteiger partial charge on any atom is -0.359 e. The van der Waals surface area contributed by atoms with Crippen LogP contribution in [0.15, 0.2) is 41.7 Å². The second kappa shape index (κ2) is 8.62. The lowest BCUT2D eigenvalue weighted by atomic mass is 10.0. The Bertz CT molecular complexity index is 876. The molecule has 0 amide bonds. The summed E-state index contributed by atoms with van der Waals surface area (Å²) in [5.41, 5.74) is 4.20.